The van der Waals surface area contributed by atoms with Gasteiger partial charge in [0.2, 0.25) is 5.91 Å². The first-order valence-electron chi connectivity index (χ1n) is 9.16. The van der Waals surface area contributed by atoms with E-state index in [9.17, 15) is 19.5 Å². The van der Waals surface area contributed by atoms with Gasteiger partial charge in [-0.05, 0) is 32.8 Å². The van der Waals surface area contributed by atoms with Gasteiger partial charge in [-0.15, -0.1) is 0 Å². The fraction of sp³-hybridized carbons (Fsp3) is 0.550. The molecule has 2 amide bonds. The summed E-state index contributed by atoms with van der Waals surface area (Å²) in [4.78, 5) is 37.2. The molecule has 1 aliphatic rings. The summed E-state index contributed by atoms with van der Waals surface area (Å²) in [6.45, 7) is 4.86. The summed E-state index contributed by atoms with van der Waals surface area (Å²) >= 11 is 0. The monoisotopic (exact) mass is 392 g/mol. The molecule has 3 N–H and O–H groups in total. The van der Waals surface area contributed by atoms with Crippen LogP contribution in [0.5, 0.6) is 0 Å². The number of carbonyl (C=O) groups is 3. The van der Waals surface area contributed by atoms with Crippen molar-refractivity contribution < 1.29 is 29.0 Å². The lowest BCUT2D eigenvalue weighted by atomic mass is 10.0. The van der Waals surface area contributed by atoms with Gasteiger partial charge in [0.25, 0.3) is 0 Å². The van der Waals surface area contributed by atoms with Gasteiger partial charge in [-0.2, -0.15) is 0 Å². The molecular weight excluding hydrogens is 364 g/mol. The molecule has 0 spiro atoms. The second-order valence-electron chi connectivity index (χ2n) is 7.92. The molecule has 28 heavy (non-hydrogen) atoms. The highest BCUT2D eigenvalue weighted by atomic mass is 16.6. The van der Waals surface area contributed by atoms with Crippen molar-refractivity contribution in [2.45, 2.75) is 50.8 Å². The predicted octanol–water partition coefficient (Wildman–Crippen LogP) is 1.16. The minimum atomic E-state index is -1.31. The number of rotatable bonds is 7. The number of hydrogen-bond donors (Lipinski definition) is 3. The maximum Gasteiger partial charge on any atom is 0.408 e. The van der Waals surface area contributed by atoms with Crippen LogP contribution >= 0.6 is 0 Å². The maximum absolute atomic E-state index is 12.9. The van der Waals surface area contributed by atoms with Crippen molar-refractivity contribution in [3.05, 3.63) is 35.9 Å². The van der Waals surface area contributed by atoms with Gasteiger partial charge in [-0.1, -0.05) is 30.3 Å². The van der Waals surface area contributed by atoms with E-state index in [1.54, 1.807) is 20.8 Å². The van der Waals surface area contributed by atoms with Gasteiger partial charge >= 0.3 is 12.1 Å². The Balaban J connectivity index is 2.12. The van der Waals surface area contributed by atoms with E-state index in [0.717, 1.165) is 5.56 Å². The summed E-state index contributed by atoms with van der Waals surface area (Å²) < 4.78 is 10.0. The van der Waals surface area contributed by atoms with Crippen LogP contribution in [0.15, 0.2) is 30.3 Å². The summed E-state index contributed by atoms with van der Waals surface area (Å²) in [7, 11) is 1.24. The number of aliphatic hydroxyl groups is 1. The van der Waals surface area contributed by atoms with E-state index in [4.69, 9.17) is 9.47 Å². The quantitative estimate of drug-likeness (QED) is 0.600. The van der Waals surface area contributed by atoms with Crippen molar-refractivity contribution in [3.63, 3.8) is 0 Å². The standard InChI is InChI=1S/C20H28N2O6/c1-19(2,3)28-18(26)22-20(11-14(20)12-23)17(25)21-15(16(24)27-4)10-13-8-6-5-7-9-13/h5-9,14-15,23H,10-12H2,1-4H3,(H,21,25)(H,22,26)/t14-,15+,20-/m1/s1. The normalized spacial score (nSPS) is 22.0. The Bertz CT molecular complexity index is 715. The summed E-state index contributed by atoms with van der Waals surface area (Å²) in [5.41, 5.74) is -1.19. The Labute approximate surface area is 164 Å². The van der Waals surface area contributed by atoms with Crippen molar-refractivity contribution in [1.29, 1.82) is 0 Å². The Morgan fingerprint density at radius 1 is 1.25 bits per heavy atom. The van der Waals surface area contributed by atoms with Gasteiger partial charge < -0.3 is 25.2 Å². The van der Waals surface area contributed by atoms with Gasteiger partial charge in [0, 0.05) is 18.9 Å². The molecule has 1 aliphatic carbocycles. The molecule has 0 radical (unpaired) electrons. The van der Waals surface area contributed by atoms with Crippen molar-refractivity contribution >= 4 is 18.0 Å². The predicted molar refractivity (Wildman–Crippen MR) is 101 cm³/mol. The SMILES string of the molecule is COC(=O)[C@H](Cc1ccccc1)NC(=O)[C@@]1(NC(=O)OC(C)(C)C)C[C@@H]1CO. The Kier molecular flexibility index (Phi) is 6.66. The van der Waals surface area contributed by atoms with Crippen LogP contribution in [0.3, 0.4) is 0 Å². The molecule has 8 nitrogen and oxygen atoms in total. The molecule has 0 aromatic heterocycles. The number of methoxy groups -OCH3 is 1. The zero-order chi connectivity index (χ0) is 20.9. The highest BCUT2D eigenvalue weighted by molar-refractivity contribution is 5.96. The lowest BCUT2D eigenvalue weighted by Crippen LogP contribution is -2.56. The average Bonchev–Trinajstić information content (AvgIpc) is 3.33. The van der Waals surface area contributed by atoms with E-state index in [0.29, 0.717) is 0 Å². The van der Waals surface area contributed by atoms with Gasteiger partial charge in [-0.3, -0.25) is 4.79 Å². The number of carbonyl (C=O) groups excluding carboxylic acids is 3. The van der Waals surface area contributed by atoms with Gasteiger partial charge in [0.1, 0.15) is 17.2 Å². The highest BCUT2D eigenvalue weighted by Gasteiger charge is 2.61. The number of aliphatic hydroxyl groups excluding tert-OH is 1. The molecule has 1 saturated carbocycles. The van der Waals surface area contributed by atoms with Gasteiger partial charge in [0.05, 0.1) is 7.11 Å². The summed E-state index contributed by atoms with van der Waals surface area (Å²) in [6, 6.07) is 8.27. The summed E-state index contributed by atoms with van der Waals surface area (Å²) in [6.07, 6.45) is -0.254. The molecule has 0 unspecified atom stereocenters. The van der Waals surface area contributed by atoms with Gasteiger partial charge in [-0.25, -0.2) is 9.59 Å². The summed E-state index contributed by atoms with van der Waals surface area (Å²) in [5, 5.41) is 14.7. The first-order chi connectivity index (χ1) is 13.1. The lowest BCUT2D eigenvalue weighted by molar-refractivity contribution is -0.145. The number of amides is 2. The molecular formula is C20H28N2O6. The number of nitrogens with one attached hydrogen (secondary N) is 2. The molecule has 0 heterocycles. The maximum atomic E-state index is 12.9. The van der Waals surface area contributed by atoms with Crippen LogP contribution in [0.4, 0.5) is 4.79 Å². The van der Waals surface area contributed by atoms with E-state index in [1.807, 2.05) is 30.3 Å². The van der Waals surface area contributed by atoms with Crippen molar-refractivity contribution in [2.75, 3.05) is 13.7 Å². The number of alkyl carbamates (subject to hydrolysis) is 1. The molecule has 3 atom stereocenters. The Morgan fingerprint density at radius 2 is 1.89 bits per heavy atom. The van der Waals surface area contributed by atoms with Crippen LogP contribution in [0.25, 0.3) is 0 Å². The van der Waals surface area contributed by atoms with Crippen molar-refractivity contribution in [2.24, 2.45) is 5.92 Å². The highest BCUT2D eigenvalue weighted by Crippen LogP contribution is 2.43. The van der Waals surface area contributed by atoms with E-state index < -0.39 is 41.1 Å². The molecule has 154 valence electrons. The smallest absolute Gasteiger partial charge is 0.408 e. The number of esters is 1. The van der Waals surface area contributed by atoms with Crippen LogP contribution < -0.4 is 10.6 Å². The van der Waals surface area contributed by atoms with Crippen LogP contribution in [0.1, 0.15) is 32.8 Å². The van der Waals surface area contributed by atoms with Crippen molar-refractivity contribution in [3.8, 4) is 0 Å². The average molecular weight is 392 g/mol. The lowest BCUT2D eigenvalue weighted by Gasteiger charge is -2.25. The third-order valence-electron chi connectivity index (χ3n) is 4.53. The molecule has 1 aromatic carbocycles. The number of hydrogen-bond acceptors (Lipinski definition) is 6. The molecule has 0 bridgehead atoms. The molecule has 0 aliphatic heterocycles. The topological polar surface area (TPSA) is 114 Å². The third kappa shape index (κ3) is 5.45. The van der Waals surface area contributed by atoms with E-state index in [1.165, 1.54) is 7.11 Å². The van der Waals surface area contributed by atoms with E-state index >= 15 is 0 Å². The fourth-order valence-corrected chi connectivity index (χ4v) is 3.00. The molecule has 2 rings (SSSR count). The first-order valence-corrected chi connectivity index (χ1v) is 9.16. The molecule has 1 aromatic rings. The molecule has 8 heteroatoms. The number of benzene rings is 1. The Hall–Kier alpha value is -2.61. The Morgan fingerprint density at radius 3 is 2.39 bits per heavy atom. The second-order valence-corrected chi connectivity index (χ2v) is 7.92. The molecule has 1 fully saturated rings. The van der Waals surface area contributed by atoms with Crippen LogP contribution in [0.2, 0.25) is 0 Å². The largest absolute Gasteiger partial charge is 0.467 e. The first kappa shape index (κ1) is 21.7. The van der Waals surface area contributed by atoms with Gasteiger partial charge in [0.15, 0.2) is 0 Å². The fourth-order valence-electron chi connectivity index (χ4n) is 3.00. The van der Waals surface area contributed by atoms with Crippen LogP contribution in [-0.4, -0.2) is 54.0 Å². The zero-order valence-corrected chi connectivity index (χ0v) is 16.7. The third-order valence-corrected chi connectivity index (χ3v) is 4.53. The van der Waals surface area contributed by atoms with Crippen LogP contribution in [0, 0.1) is 5.92 Å². The van der Waals surface area contributed by atoms with E-state index in [2.05, 4.69) is 10.6 Å². The minimum absolute atomic E-state index is 0.242. The second kappa shape index (κ2) is 8.60. The van der Waals surface area contributed by atoms with E-state index in [-0.39, 0.29) is 19.4 Å². The molecule has 0 saturated heterocycles. The summed E-state index contributed by atoms with van der Waals surface area (Å²) in [5.74, 6) is -1.59. The minimum Gasteiger partial charge on any atom is -0.467 e. The van der Waals surface area contributed by atoms with Crippen molar-refractivity contribution in [1.82, 2.24) is 10.6 Å². The number of ether oxygens (including phenoxy) is 2. The van der Waals surface area contributed by atoms with Crippen LogP contribution in [-0.2, 0) is 25.5 Å². The zero-order valence-electron chi connectivity index (χ0n) is 16.7.